The predicted octanol–water partition coefficient (Wildman–Crippen LogP) is 5.37. The van der Waals surface area contributed by atoms with Gasteiger partial charge in [-0.05, 0) is 51.8 Å². The Bertz CT molecular complexity index is 1180. The number of sulfone groups is 1. The maximum Gasteiger partial charge on any atom is 0.413 e. The van der Waals surface area contributed by atoms with Gasteiger partial charge in [0.25, 0.3) is 0 Å². The van der Waals surface area contributed by atoms with Gasteiger partial charge in [0.15, 0.2) is 0 Å². The van der Waals surface area contributed by atoms with E-state index >= 15 is 0 Å². The van der Waals surface area contributed by atoms with E-state index in [2.05, 4.69) is 4.98 Å². The summed E-state index contributed by atoms with van der Waals surface area (Å²) in [7, 11) is -3.12. The van der Waals surface area contributed by atoms with Crippen molar-refractivity contribution in [3.05, 3.63) is 52.8 Å². The van der Waals surface area contributed by atoms with Crippen molar-refractivity contribution >= 4 is 27.5 Å². The molecule has 7 nitrogen and oxygen atoms in total. The zero-order valence-electron chi connectivity index (χ0n) is 20.8. The summed E-state index contributed by atoms with van der Waals surface area (Å²) in [6.45, 7) is 7.92. The first-order valence-corrected chi connectivity index (χ1v) is 13.7. The van der Waals surface area contributed by atoms with Crippen LogP contribution >= 0.6 is 11.6 Å². The van der Waals surface area contributed by atoms with Gasteiger partial charge in [-0.25, -0.2) is 17.6 Å². The number of aromatic nitrogens is 1. The van der Waals surface area contributed by atoms with Gasteiger partial charge in [-0.3, -0.25) is 9.88 Å². The van der Waals surface area contributed by atoms with Gasteiger partial charge >= 0.3 is 6.09 Å². The van der Waals surface area contributed by atoms with Crippen LogP contribution in [-0.2, 0) is 25.7 Å². The molecule has 1 aliphatic heterocycles. The lowest BCUT2D eigenvalue weighted by Gasteiger charge is -2.34. The molecule has 10 heteroatoms. The highest BCUT2D eigenvalue weighted by atomic mass is 35.5. The van der Waals surface area contributed by atoms with E-state index in [-0.39, 0.29) is 12.2 Å². The largest absolute Gasteiger partial charge is 0.444 e. The fourth-order valence-electron chi connectivity index (χ4n) is 4.04. The van der Waals surface area contributed by atoms with E-state index in [0.717, 1.165) is 16.7 Å². The number of benzene rings is 1. The van der Waals surface area contributed by atoms with Gasteiger partial charge < -0.3 is 9.47 Å². The molecule has 0 radical (unpaired) electrons. The summed E-state index contributed by atoms with van der Waals surface area (Å²) in [5, 5.41) is 0.390. The third-order valence-electron chi connectivity index (χ3n) is 5.62. The van der Waals surface area contributed by atoms with Crippen LogP contribution in [0.2, 0.25) is 5.02 Å². The molecule has 0 N–H and O–H groups in total. The second-order valence-corrected chi connectivity index (χ2v) is 12.9. The zero-order chi connectivity index (χ0) is 26.2. The summed E-state index contributed by atoms with van der Waals surface area (Å²) >= 11 is 6.34. The average molecular weight is 527 g/mol. The number of amides is 1. The number of aryl methyl sites for hydroxylation is 1. The highest BCUT2D eigenvalue weighted by Gasteiger charge is 2.51. The lowest BCUT2D eigenvalue weighted by atomic mass is 9.99. The fourth-order valence-corrected chi connectivity index (χ4v) is 4.87. The SMILES string of the molecule is CC(C)(C)OC(=O)N1[C@H](CF)[C@@H](c2ccc(-c3cnc(CCS(C)(=O)=O)c(Cl)c3)cc2)OC1(C)C. The van der Waals surface area contributed by atoms with E-state index in [1.807, 2.05) is 24.3 Å². The molecule has 1 fully saturated rings. The number of alkyl halides is 1. The smallest absolute Gasteiger partial charge is 0.413 e. The van der Waals surface area contributed by atoms with Gasteiger partial charge in [0.05, 0.1) is 22.5 Å². The van der Waals surface area contributed by atoms with Crippen molar-refractivity contribution in [2.24, 2.45) is 0 Å². The average Bonchev–Trinajstić information content (AvgIpc) is 3.01. The number of ether oxygens (including phenoxy) is 2. The molecule has 2 aromatic rings. The fraction of sp³-hybridized carbons (Fsp3) is 0.520. The third kappa shape index (κ3) is 6.71. The number of pyridine rings is 1. The van der Waals surface area contributed by atoms with Crippen LogP contribution in [0.25, 0.3) is 11.1 Å². The molecule has 1 aromatic heterocycles. The summed E-state index contributed by atoms with van der Waals surface area (Å²) in [5.41, 5.74) is 1.06. The normalized spacial score (nSPS) is 20.2. The van der Waals surface area contributed by atoms with Crippen molar-refractivity contribution in [3.8, 4) is 11.1 Å². The number of nitrogens with zero attached hydrogens (tertiary/aromatic N) is 2. The number of carbonyl (C=O) groups excluding carboxylic acids is 1. The van der Waals surface area contributed by atoms with E-state index in [1.54, 1.807) is 46.9 Å². The lowest BCUT2D eigenvalue weighted by molar-refractivity contribution is -0.0797. The van der Waals surface area contributed by atoms with Gasteiger partial charge in [0.2, 0.25) is 0 Å². The number of hydrogen-bond donors (Lipinski definition) is 0. The van der Waals surface area contributed by atoms with Crippen LogP contribution in [0.15, 0.2) is 36.5 Å². The minimum Gasteiger partial charge on any atom is -0.444 e. The number of rotatable bonds is 6. The molecule has 0 saturated carbocycles. The second kappa shape index (κ2) is 10.0. The Hall–Kier alpha value is -2.23. The molecule has 0 spiro atoms. The lowest BCUT2D eigenvalue weighted by Crippen LogP contribution is -2.50. The summed E-state index contributed by atoms with van der Waals surface area (Å²) in [5.74, 6) is -0.0262. The minimum atomic E-state index is -3.12. The van der Waals surface area contributed by atoms with Gasteiger partial charge in [-0.1, -0.05) is 35.9 Å². The van der Waals surface area contributed by atoms with Gasteiger partial charge in [0.1, 0.15) is 33.9 Å². The maximum atomic E-state index is 14.2. The molecule has 0 unspecified atom stereocenters. The minimum absolute atomic E-state index is 0.0262. The monoisotopic (exact) mass is 526 g/mol. The Labute approximate surface area is 211 Å². The summed E-state index contributed by atoms with van der Waals surface area (Å²) < 4.78 is 48.6. The molecule has 2 atom stereocenters. The predicted molar refractivity (Wildman–Crippen MR) is 134 cm³/mol. The van der Waals surface area contributed by atoms with Crippen molar-refractivity contribution in [2.75, 3.05) is 18.7 Å². The Morgan fingerprint density at radius 1 is 1.23 bits per heavy atom. The van der Waals surface area contributed by atoms with Crippen LogP contribution in [-0.4, -0.2) is 60.4 Å². The first kappa shape index (κ1) is 27.4. The van der Waals surface area contributed by atoms with Crippen molar-refractivity contribution < 1.29 is 27.1 Å². The van der Waals surface area contributed by atoms with Crippen LogP contribution < -0.4 is 0 Å². The quantitative estimate of drug-likeness (QED) is 0.503. The molecular formula is C25H32ClFN2O5S. The standard InChI is InChI=1S/C25H32ClFN2O5S/c1-24(2,3)34-23(30)29-21(14-27)22(33-25(29,4)5)17-9-7-16(8-10-17)18-13-19(26)20(28-15-18)11-12-35(6,31)32/h7-10,13,15,21-22H,11-12,14H2,1-6H3/t21-,22-/m1/s1. The summed E-state index contributed by atoms with van der Waals surface area (Å²) in [4.78, 5) is 18.5. The van der Waals surface area contributed by atoms with Gasteiger partial charge in [-0.2, -0.15) is 0 Å². The molecule has 192 valence electrons. The van der Waals surface area contributed by atoms with Gasteiger partial charge in [-0.15, -0.1) is 0 Å². The van der Waals surface area contributed by atoms with Crippen molar-refractivity contribution in [1.82, 2.24) is 9.88 Å². The van der Waals surface area contributed by atoms with E-state index < -0.39 is 46.1 Å². The van der Waals surface area contributed by atoms with E-state index in [4.69, 9.17) is 21.1 Å². The van der Waals surface area contributed by atoms with E-state index in [0.29, 0.717) is 10.7 Å². The van der Waals surface area contributed by atoms with Crippen LogP contribution in [0.4, 0.5) is 9.18 Å². The van der Waals surface area contributed by atoms with Crippen molar-refractivity contribution in [2.45, 2.75) is 64.5 Å². The Morgan fingerprint density at radius 2 is 1.86 bits per heavy atom. The summed E-state index contributed by atoms with van der Waals surface area (Å²) in [6, 6.07) is 8.24. The highest BCUT2D eigenvalue weighted by Crippen LogP contribution is 2.42. The van der Waals surface area contributed by atoms with Crippen molar-refractivity contribution in [3.63, 3.8) is 0 Å². The molecule has 1 aliphatic rings. The van der Waals surface area contributed by atoms with Crippen LogP contribution in [0, 0.1) is 0 Å². The molecule has 3 rings (SSSR count). The number of carbonyl (C=O) groups is 1. The molecule has 0 bridgehead atoms. The molecule has 1 aromatic carbocycles. The first-order valence-electron chi connectivity index (χ1n) is 11.3. The maximum absolute atomic E-state index is 14.2. The first-order chi connectivity index (χ1) is 16.1. The molecule has 2 heterocycles. The second-order valence-electron chi connectivity index (χ2n) is 10.2. The Kier molecular flexibility index (Phi) is 7.84. The molecule has 1 amide bonds. The highest BCUT2D eigenvalue weighted by molar-refractivity contribution is 7.90. The molecule has 35 heavy (non-hydrogen) atoms. The van der Waals surface area contributed by atoms with Crippen molar-refractivity contribution in [1.29, 1.82) is 0 Å². The van der Waals surface area contributed by atoms with Gasteiger partial charge in [0, 0.05) is 24.4 Å². The molecule has 0 aliphatic carbocycles. The number of hydrogen-bond acceptors (Lipinski definition) is 6. The third-order valence-corrected chi connectivity index (χ3v) is 6.90. The van der Waals surface area contributed by atoms with Crippen LogP contribution in [0.3, 0.4) is 0 Å². The van der Waals surface area contributed by atoms with Crippen LogP contribution in [0.1, 0.15) is 52.0 Å². The summed E-state index contributed by atoms with van der Waals surface area (Å²) in [6.07, 6.45) is 1.76. The van der Waals surface area contributed by atoms with E-state index in [9.17, 15) is 17.6 Å². The molecular weight excluding hydrogens is 495 g/mol. The van der Waals surface area contributed by atoms with Crippen LogP contribution in [0.5, 0.6) is 0 Å². The van der Waals surface area contributed by atoms with E-state index in [1.165, 1.54) is 11.2 Å². The Balaban J connectivity index is 1.81. The topological polar surface area (TPSA) is 85.8 Å². The zero-order valence-corrected chi connectivity index (χ0v) is 22.4. The number of halogens is 2. The molecule has 1 saturated heterocycles. The Morgan fingerprint density at radius 3 is 2.37 bits per heavy atom.